The molecule has 6 heteroatoms. The van der Waals surface area contributed by atoms with E-state index in [4.69, 9.17) is 8.85 Å². The number of benzene rings is 2. The van der Waals surface area contributed by atoms with Crippen molar-refractivity contribution in [3.63, 3.8) is 0 Å². The average molecular weight is 583 g/mol. The summed E-state index contributed by atoms with van der Waals surface area (Å²) >= 11 is 0. The first kappa shape index (κ1) is 32.0. The Morgan fingerprint density at radius 1 is 0.769 bits per heavy atom. The molecule has 0 amide bonds. The van der Waals surface area contributed by atoms with Crippen molar-refractivity contribution in [2.24, 2.45) is 0 Å². The van der Waals surface area contributed by atoms with Gasteiger partial charge in [0, 0.05) is 16.8 Å². The van der Waals surface area contributed by atoms with Crippen LogP contribution in [0, 0.1) is 0 Å². The normalized spacial score (nSPS) is 20.9. The maximum absolute atomic E-state index is 14.7. The predicted molar refractivity (Wildman–Crippen MR) is 175 cm³/mol. The number of hydrogen-bond acceptors (Lipinski definition) is 3. The molecule has 1 aliphatic rings. The zero-order valence-electron chi connectivity index (χ0n) is 26.0. The molecule has 214 valence electrons. The smallest absolute Gasteiger partial charge is 0.192 e. The Bertz CT molecular complexity index is 1120. The molecular formula is C33H51O3PSi2. The van der Waals surface area contributed by atoms with E-state index in [2.05, 4.69) is 80.4 Å². The van der Waals surface area contributed by atoms with Crippen LogP contribution in [0.15, 0.2) is 84.5 Å². The predicted octanol–water partition coefficient (Wildman–Crippen LogP) is 9.06. The lowest BCUT2D eigenvalue weighted by molar-refractivity contribution is 0.132. The van der Waals surface area contributed by atoms with Crippen molar-refractivity contribution in [1.82, 2.24) is 0 Å². The third-order valence-electron chi connectivity index (χ3n) is 9.19. The van der Waals surface area contributed by atoms with Crippen LogP contribution < -0.4 is 10.6 Å². The Hall–Kier alpha value is -1.50. The Labute approximate surface area is 240 Å². The molecule has 3 rings (SSSR count). The highest BCUT2D eigenvalue weighted by Gasteiger charge is 2.45. The maximum atomic E-state index is 14.7. The molecular weight excluding hydrogens is 532 g/mol. The summed E-state index contributed by atoms with van der Waals surface area (Å²) in [4.78, 5) is 0. The molecule has 0 spiro atoms. The molecule has 0 bridgehead atoms. The van der Waals surface area contributed by atoms with Gasteiger partial charge < -0.3 is 13.4 Å². The molecule has 2 aromatic carbocycles. The standard InChI is InChI=1S/C33H51O3PSi2/c1-26-30(35-38(8,9)32(2,3)4)24-27(25-31(26)36-39(10,11)33(5,6)7)22-23-37(34,28-18-14-12-15-19-28)29-20-16-13-17-21-29/h12-22,30-31H,1,23-25H2,2-11H3/t30-,31+. The van der Waals surface area contributed by atoms with E-state index >= 15 is 0 Å². The van der Waals surface area contributed by atoms with E-state index in [1.807, 2.05) is 60.7 Å². The van der Waals surface area contributed by atoms with Crippen LogP contribution in [0.2, 0.25) is 36.3 Å². The summed E-state index contributed by atoms with van der Waals surface area (Å²) in [6, 6.07) is 19.9. The fourth-order valence-corrected chi connectivity index (χ4v) is 9.59. The van der Waals surface area contributed by atoms with Crippen molar-refractivity contribution in [1.29, 1.82) is 0 Å². The van der Waals surface area contributed by atoms with Crippen LogP contribution in [0.3, 0.4) is 0 Å². The summed E-state index contributed by atoms with van der Waals surface area (Å²) in [5.41, 5.74) is 2.33. The van der Waals surface area contributed by atoms with Gasteiger partial charge in [-0.25, -0.2) is 0 Å². The van der Waals surface area contributed by atoms with E-state index in [1.165, 1.54) is 5.57 Å². The number of allylic oxidation sites excluding steroid dienone is 1. The molecule has 1 fully saturated rings. The van der Waals surface area contributed by atoms with Gasteiger partial charge in [-0.15, -0.1) is 0 Å². The summed E-state index contributed by atoms with van der Waals surface area (Å²) in [7, 11) is -6.92. The highest BCUT2D eigenvalue weighted by Crippen LogP contribution is 2.47. The minimum atomic E-state index is -2.84. The molecule has 1 aliphatic carbocycles. The maximum Gasteiger partial charge on any atom is 0.192 e. The van der Waals surface area contributed by atoms with Crippen LogP contribution in [0.5, 0.6) is 0 Å². The Balaban J connectivity index is 2.00. The summed E-state index contributed by atoms with van der Waals surface area (Å²) in [5, 5.41) is 1.99. The van der Waals surface area contributed by atoms with Gasteiger partial charge in [0.25, 0.3) is 0 Å². The van der Waals surface area contributed by atoms with E-state index < -0.39 is 23.8 Å². The zero-order valence-corrected chi connectivity index (χ0v) is 28.9. The lowest BCUT2D eigenvalue weighted by Crippen LogP contribution is -2.49. The minimum absolute atomic E-state index is 0.0894. The molecule has 2 aromatic rings. The van der Waals surface area contributed by atoms with Crippen LogP contribution in [0.1, 0.15) is 54.4 Å². The van der Waals surface area contributed by atoms with Crippen LogP contribution in [0.25, 0.3) is 0 Å². The van der Waals surface area contributed by atoms with Crippen LogP contribution in [-0.4, -0.2) is 35.0 Å². The fourth-order valence-electron chi connectivity index (χ4n) is 4.45. The quantitative estimate of drug-likeness (QED) is 0.177. The van der Waals surface area contributed by atoms with Crippen molar-refractivity contribution >= 4 is 34.4 Å². The van der Waals surface area contributed by atoms with E-state index in [9.17, 15) is 4.57 Å². The second kappa shape index (κ2) is 11.8. The molecule has 0 aromatic heterocycles. The van der Waals surface area contributed by atoms with Gasteiger partial charge in [-0.1, -0.05) is 120 Å². The van der Waals surface area contributed by atoms with E-state index in [0.717, 1.165) is 29.0 Å². The average Bonchev–Trinajstić information content (AvgIpc) is 2.84. The first-order valence-corrected chi connectivity index (χ1v) is 22.0. The second-order valence-electron chi connectivity index (χ2n) is 14.2. The largest absolute Gasteiger partial charge is 0.410 e. The molecule has 0 radical (unpaired) electrons. The zero-order chi connectivity index (χ0) is 29.3. The Kier molecular flexibility index (Phi) is 9.67. The van der Waals surface area contributed by atoms with E-state index in [0.29, 0.717) is 6.16 Å². The third kappa shape index (κ3) is 7.43. The molecule has 0 N–H and O–H groups in total. The molecule has 2 atom stereocenters. The molecule has 0 aliphatic heterocycles. The monoisotopic (exact) mass is 582 g/mol. The molecule has 39 heavy (non-hydrogen) atoms. The van der Waals surface area contributed by atoms with Crippen molar-refractivity contribution in [3.05, 3.63) is 84.5 Å². The van der Waals surface area contributed by atoms with E-state index in [1.54, 1.807) is 0 Å². The summed E-state index contributed by atoms with van der Waals surface area (Å²) in [5.74, 6) is 0. The molecule has 1 saturated carbocycles. The minimum Gasteiger partial charge on any atom is -0.410 e. The lowest BCUT2D eigenvalue weighted by Gasteiger charge is -2.46. The van der Waals surface area contributed by atoms with Gasteiger partial charge in [-0.3, -0.25) is 0 Å². The van der Waals surface area contributed by atoms with Gasteiger partial charge in [-0.05, 0) is 54.7 Å². The van der Waals surface area contributed by atoms with Gasteiger partial charge in [0.15, 0.2) is 16.6 Å². The highest BCUT2D eigenvalue weighted by atomic mass is 31.2. The van der Waals surface area contributed by atoms with Gasteiger partial charge in [0.2, 0.25) is 0 Å². The van der Waals surface area contributed by atoms with Crippen LogP contribution >= 0.6 is 7.14 Å². The number of rotatable bonds is 8. The van der Waals surface area contributed by atoms with Gasteiger partial charge in [-0.2, -0.15) is 0 Å². The summed E-state index contributed by atoms with van der Waals surface area (Å²) in [6.45, 7) is 27.5. The fraction of sp³-hybridized carbons (Fsp3) is 0.515. The lowest BCUT2D eigenvalue weighted by atomic mass is 9.86. The summed E-state index contributed by atoms with van der Waals surface area (Å²) in [6.07, 6.45) is 4.11. The topological polar surface area (TPSA) is 35.5 Å². The van der Waals surface area contributed by atoms with Crippen molar-refractivity contribution in [3.8, 4) is 0 Å². The molecule has 0 unspecified atom stereocenters. The highest BCUT2D eigenvalue weighted by molar-refractivity contribution is 7.78. The van der Waals surface area contributed by atoms with Crippen molar-refractivity contribution in [2.75, 3.05) is 6.16 Å². The summed E-state index contributed by atoms with van der Waals surface area (Å²) < 4.78 is 28.7. The van der Waals surface area contributed by atoms with Gasteiger partial charge >= 0.3 is 0 Å². The number of hydrogen-bond donors (Lipinski definition) is 0. The van der Waals surface area contributed by atoms with Crippen LogP contribution in [-0.2, 0) is 13.4 Å². The first-order chi connectivity index (χ1) is 17.9. The van der Waals surface area contributed by atoms with E-state index in [-0.39, 0.29) is 22.3 Å². The van der Waals surface area contributed by atoms with Crippen molar-refractivity contribution < 1.29 is 13.4 Å². The molecule has 0 heterocycles. The van der Waals surface area contributed by atoms with Gasteiger partial charge in [0.1, 0.15) is 7.14 Å². The third-order valence-corrected chi connectivity index (χ3v) is 21.1. The SMILES string of the molecule is C=C1[C@@H](O[Si](C)(C)C(C)(C)C)CC(=CCP(=O)(c2ccccc2)c2ccccc2)C[C@H]1O[Si](C)(C)C(C)(C)C. The second-order valence-corrected chi connectivity index (χ2v) is 26.6. The van der Waals surface area contributed by atoms with Gasteiger partial charge in [0.05, 0.1) is 12.2 Å². The Morgan fingerprint density at radius 2 is 1.13 bits per heavy atom. The molecule has 0 saturated heterocycles. The van der Waals surface area contributed by atoms with Crippen molar-refractivity contribution in [2.45, 2.75) is 103 Å². The van der Waals surface area contributed by atoms with Crippen LogP contribution in [0.4, 0.5) is 0 Å². The molecule has 3 nitrogen and oxygen atoms in total. The Morgan fingerprint density at radius 3 is 1.46 bits per heavy atom. The first-order valence-electron chi connectivity index (χ1n) is 14.3.